The molecular weight excluding hydrogens is 280 g/mol. The highest BCUT2D eigenvalue weighted by atomic mass is 35.5. The Kier molecular flexibility index (Phi) is 8.51. The van der Waals surface area contributed by atoms with Gasteiger partial charge < -0.3 is 10.1 Å². The molecule has 0 aliphatic carbocycles. The van der Waals surface area contributed by atoms with Gasteiger partial charge in [-0.25, -0.2) is 8.42 Å². The highest BCUT2D eigenvalue weighted by molar-refractivity contribution is 7.89. The first kappa shape index (κ1) is 17.6. The lowest BCUT2D eigenvalue weighted by Crippen LogP contribution is -2.41. The van der Waals surface area contributed by atoms with Gasteiger partial charge in [0, 0.05) is 26.6 Å². The van der Waals surface area contributed by atoms with Crippen LogP contribution < -0.4 is 5.32 Å². The standard InChI is InChI=1S/C10H21ClN2O4S/c1-9(6-11)8-18(15,16)13(2)7-10(14)12-4-5-17-3/h9H,4-8H2,1-3H3,(H,12,14). The highest BCUT2D eigenvalue weighted by Gasteiger charge is 2.22. The molecule has 0 spiro atoms. The Hall–Kier alpha value is -0.370. The number of hydrogen-bond acceptors (Lipinski definition) is 4. The van der Waals surface area contributed by atoms with E-state index in [1.54, 1.807) is 6.92 Å². The van der Waals surface area contributed by atoms with E-state index < -0.39 is 10.0 Å². The predicted octanol–water partition coefficient (Wildman–Crippen LogP) is -0.114. The Bertz CT molecular complexity index is 348. The molecular formula is C10H21ClN2O4S. The van der Waals surface area contributed by atoms with Gasteiger partial charge in [-0.3, -0.25) is 4.79 Å². The number of nitrogens with one attached hydrogen (secondary N) is 1. The van der Waals surface area contributed by atoms with E-state index in [-0.39, 0.29) is 30.0 Å². The van der Waals surface area contributed by atoms with Crippen LogP contribution in [0.3, 0.4) is 0 Å². The first-order chi connectivity index (χ1) is 8.33. The van der Waals surface area contributed by atoms with E-state index in [2.05, 4.69) is 5.32 Å². The quantitative estimate of drug-likeness (QED) is 0.476. The molecule has 1 unspecified atom stereocenters. The van der Waals surface area contributed by atoms with Crippen molar-refractivity contribution in [3.8, 4) is 0 Å². The molecule has 8 heteroatoms. The fourth-order valence-corrected chi connectivity index (χ4v) is 2.82. The minimum absolute atomic E-state index is 0.0572. The van der Waals surface area contributed by atoms with Gasteiger partial charge >= 0.3 is 0 Å². The van der Waals surface area contributed by atoms with Crippen molar-refractivity contribution >= 4 is 27.5 Å². The van der Waals surface area contributed by atoms with Crippen LogP contribution in [-0.2, 0) is 19.6 Å². The zero-order valence-corrected chi connectivity index (χ0v) is 12.6. The topological polar surface area (TPSA) is 75.7 Å². The minimum Gasteiger partial charge on any atom is -0.383 e. The molecule has 0 saturated heterocycles. The van der Waals surface area contributed by atoms with E-state index in [4.69, 9.17) is 16.3 Å². The zero-order chi connectivity index (χ0) is 14.2. The van der Waals surface area contributed by atoms with Crippen LogP contribution >= 0.6 is 11.6 Å². The van der Waals surface area contributed by atoms with Gasteiger partial charge in [0.1, 0.15) is 0 Å². The molecule has 0 aromatic rings. The van der Waals surface area contributed by atoms with Crippen molar-refractivity contribution in [1.82, 2.24) is 9.62 Å². The lowest BCUT2D eigenvalue weighted by molar-refractivity contribution is -0.121. The number of alkyl halides is 1. The molecule has 1 N–H and O–H groups in total. The second-order valence-corrected chi connectivity index (χ2v) is 6.57. The van der Waals surface area contributed by atoms with Gasteiger partial charge in [-0.15, -0.1) is 11.6 Å². The van der Waals surface area contributed by atoms with Gasteiger partial charge in [-0.05, 0) is 5.92 Å². The fourth-order valence-electron chi connectivity index (χ4n) is 1.18. The Morgan fingerprint density at radius 2 is 2.11 bits per heavy atom. The number of carbonyl (C=O) groups is 1. The van der Waals surface area contributed by atoms with Gasteiger partial charge in [0.25, 0.3) is 0 Å². The number of ether oxygens (including phenoxy) is 1. The van der Waals surface area contributed by atoms with E-state index >= 15 is 0 Å². The Morgan fingerprint density at radius 3 is 2.61 bits per heavy atom. The van der Waals surface area contributed by atoms with Crippen LogP contribution in [0.1, 0.15) is 6.92 Å². The molecule has 0 saturated carbocycles. The van der Waals surface area contributed by atoms with E-state index in [0.717, 1.165) is 4.31 Å². The highest BCUT2D eigenvalue weighted by Crippen LogP contribution is 2.07. The molecule has 0 aromatic heterocycles. The van der Waals surface area contributed by atoms with Crippen molar-refractivity contribution in [2.24, 2.45) is 5.92 Å². The van der Waals surface area contributed by atoms with Gasteiger partial charge in [-0.1, -0.05) is 6.92 Å². The molecule has 0 bridgehead atoms. The second-order valence-electron chi connectivity index (χ2n) is 4.14. The molecule has 1 amide bonds. The van der Waals surface area contributed by atoms with Crippen molar-refractivity contribution in [2.45, 2.75) is 6.92 Å². The zero-order valence-electron chi connectivity index (χ0n) is 11.0. The van der Waals surface area contributed by atoms with Gasteiger partial charge in [0.05, 0.1) is 18.9 Å². The maximum Gasteiger partial charge on any atom is 0.235 e. The van der Waals surface area contributed by atoms with E-state index in [0.29, 0.717) is 13.2 Å². The first-order valence-corrected chi connectivity index (χ1v) is 7.73. The van der Waals surface area contributed by atoms with Crippen LogP contribution in [0.4, 0.5) is 0 Å². The molecule has 0 heterocycles. The summed E-state index contributed by atoms with van der Waals surface area (Å²) in [5, 5.41) is 2.56. The molecule has 0 aliphatic heterocycles. The van der Waals surface area contributed by atoms with E-state index in [1.807, 2.05) is 0 Å². The third-order valence-electron chi connectivity index (χ3n) is 2.23. The average molecular weight is 301 g/mol. The SMILES string of the molecule is COCCNC(=O)CN(C)S(=O)(=O)CC(C)CCl. The molecule has 18 heavy (non-hydrogen) atoms. The molecule has 0 aromatic carbocycles. The van der Waals surface area contributed by atoms with Crippen LogP contribution in [0.25, 0.3) is 0 Å². The summed E-state index contributed by atoms with van der Waals surface area (Å²) in [6.07, 6.45) is 0. The fraction of sp³-hybridized carbons (Fsp3) is 0.900. The molecule has 0 aliphatic rings. The van der Waals surface area contributed by atoms with Gasteiger partial charge in [-0.2, -0.15) is 4.31 Å². The maximum absolute atomic E-state index is 11.8. The average Bonchev–Trinajstić information content (AvgIpc) is 2.28. The number of nitrogens with zero attached hydrogens (tertiary/aromatic N) is 1. The minimum atomic E-state index is -3.44. The maximum atomic E-state index is 11.8. The number of rotatable bonds is 9. The summed E-state index contributed by atoms with van der Waals surface area (Å²) >= 11 is 5.58. The van der Waals surface area contributed by atoms with E-state index in [1.165, 1.54) is 14.2 Å². The number of sulfonamides is 1. The van der Waals surface area contributed by atoms with Crippen LogP contribution in [0.5, 0.6) is 0 Å². The number of methoxy groups -OCH3 is 1. The van der Waals surface area contributed by atoms with Crippen molar-refractivity contribution < 1.29 is 17.9 Å². The lowest BCUT2D eigenvalue weighted by Gasteiger charge is -2.18. The number of carbonyl (C=O) groups excluding carboxylic acids is 1. The normalized spacial score (nSPS) is 13.6. The summed E-state index contributed by atoms with van der Waals surface area (Å²) in [6, 6.07) is 0. The van der Waals surface area contributed by atoms with Crippen LogP contribution in [0.15, 0.2) is 0 Å². The summed E-state index contributed by atoms with van der Waals surface area (Å²) in [7, 11) is -0.535. The molecule has 0 fully saturated rings. The third-order valence-corrected chi connectivity index (χ3v) is 4.82. The molecule has 1 atom stereocenters. The van der Waals surface area contributed by atoms with Crippen molar-refractivity contribution in [2.75, 3.05) is 45.5 Å². The van der Waals surface area contributed by atoms with Crippen LogP contribution in [-0.4, -0.2) is 64.1 Å². The van der Waals surface area contributed by atoms with Crippen LogP contribution in [0, 0.1) is 5.92 Å². The van der Waals surface area contributed by atoms with Crippen molar-refractivity contribution in [3.63, 3.8) is 0 Å². The van der Waals surface area contributed by atoms with Crippen molar-refractivity contribution in [3.05, 3.63) is 0 Å². The Morgan fingerprint density at radius 1 is 1.50 bits per heavy atom. The van der Waals surface area contributed by atoms with Crippen LogP contribution in [0.2, 0.25) is 0 Å². The number of likely N-dealkylation sites (N-methyl/N-ethyl adjacent to an activating group) is 1. The molecule has 0 radical (unpaired) electrons. The lowest BCUT2D eigenvalue weighted by atomic mass is 10.3. The summed E-state index contributed by atoms with van der Waals surface area (Å²) in [5.74, 6) is -0.279. The monoisotopic (exact) mass is 300 g/mol. The van der Waals surface area contributed by atoms with Gasteiger partial charge in [0.2, 0.25) is 15.9 Å². The summed E-state index contributed by atoms with van der Waals surface area (Å²) in [6.45, 7) is 2.31. The smallest absolute Gasteiger partial charge is 0.235 e. The molecule has 108 valence electrons. The summed E-state index contributed by atoms with van der Waals surface area (Å²) < 4.78 is 29.5. The molecule has 6 nitrogen and oxygen atoms in total. The Balaban J connectivity index is 4.21. The number of amides is 1. The summed E-state index contributed by atoms with van der Waals surface area (Å²) in [4.78, 5) is 11.4. The third kappa shape index (κ3) is 7.15. The second kappa shape index (κ2) is 8.68. The molecule has 0 rings (SSSR count). The predicted molar refractivity (Wildman–Crippen MR) is 71.2 cm³/mol. The number of hydrogen-bond donors (Lipinski definition) is 1. The van der Waals surface area contributed by atoms with E-state index in [9.17, 15) is 13.2 Å². The number of halogens is 1. The Labute approximate surface area is 114 Å². The van der Waals surface area contributed by atoms with Crippen molar-refractivity contribution in [1.29, 1.82) is 0 Å². The van der Waals surface area contributed by atoms with Gasteiger partial charge in [0.15, 0.2) is 0 Å². The summed E-state index contributed by atoms with van der Waals surface area (Å²) in [5.41, 5.74) is 0. The largest absolute Gasteiger partial charge is 0.383 e. The first-order valence-electron chi connectivity index (χ1n) is 5.59.